The van der Waals surface area contributed by atoms with Crippen molar-refractivity contribution in [3.63, 3.8) is 0 Å². The zero-order valence-electron chi connectivity index (χ0n) is 16.0. The largest absolute Gasteiger partial charge is 0.467 e. The summed E-state index contributed by atoms with van der Waals surface area (Å²) >= 11 is 0. The Morgan fingerprint density at radius 3 is 2.81 bits per heavy atom. The lowest BCUT2D eigenvalue weighted by Crippen LogP contribution is -2.47. The van der Waals surface area contributed by atoms with E-state index in [9.17, 15) is 9.59 Å². The molecular formula is C21H27N3O3. The molecule has 2 aromatic rings. The fraction of sp³-hybridized carbons (Fsp3) is 0.429. The van der Waals surface area contributed by atoms with E-state index in [4.69, 9.17) is 4.42 Å². The summed E-state index contributed by atoms with van der Waals surface area (Å²) < 4.78 is 5.25. The molecule has 1 aromatic heterocycles. The van der Waals surface area contributed by atoms with Crippen LogP contribution in [0.4, 0.5) is 0 Å². The van der Waals surface area contributed by atoms with Crippen LogP contribution in [0.25, 0.3) is 0 Å². The van der Waals surface area contributed by atoms with Gasteiger partial charge in [-0.3, -0.25) is 14.5 Å². The molecule has 144 valence electrons. The fourth-order valence-corrected chi connectivity index (χ4v) is 3.44. The van der Waals surface area contributed by atoms with Crippen LogP contribution in [0.3, 0.4) is 0 Å². The van der Waals surface area contributed by atoms with E-state index in [1.165, 1.54) is 5.56 Å². The van der Waals surface area contributed by atoms with Crippen molar-refractivity contribution in [2.24, 2.45) is 0 Å². The first kappa shape index (κ1) is 19.2. The average molecular weight is 369 g/mol. The quantitative estimate of drug-likeness (QED) is 0.813. The maximum Gasteiger partial charge on any atom is 0.237 e. The van der Waals surface area contributed by atoms with Crippen molar-refractivity contribution >= 4 is 11.8 Å². The Kier molecular flexibility index (Phi) is 6.29. The minimum Gasteiger partial charge on any atom is -0.467 e. The molecule has 1 fully saturated rings. The normalized spacial score (nSPS) is 17.0. The third-order valence-electron chi connectivity index (χ3n) is 5.12. The molecule has 1 saturated heterocycles. The lowest BCUT2D eigenvalue weighted by atomic mass is 10.1. The van der Waals surface area contributed by atoms with Gasteiger partial charge in [-0.1, -0.05) is 24.3 Å². The highest BCUT2D eigenvalue weighted by molar-refractivity contribution is 5.84. The Morgan fingerprint density at radius 2 is 2.07 bits per heavy atom. The Hall–Kier alpha value is -2.60. The molecule has 1 aromatic carbocycles. The molecule has 1 aliphatic rings. The number of hydrogen-bond acceptors (Lipinski definition) is 4. The van der Waals surface area contributed by atoms with Gasteiger partial charge >= 0.3 is 0 Å². The van der Waals surface area contributed by atoms with Crippen LogP contribution in [-0.4, -0.2) is 47.8 Å². The van der Waals surface area contributed by atoms with Crippen molar-refractivity contribution in [1.29, 1.82) is 0 Å². The van der Waals surface area contributed by atoms with Gasteiger partial charge in [-0.25, -0.2) is 0 Å². The monoisotopic (exact) mass is 369 g/mol. The summed E-state index contributed by atoms with van der Waals surface area (Å²) in [5, 5.41) is 2.91. The van der Waals surface area contributed by atoms with E-state index >= 15 is 0 Å². The highest BCUT2D eigenvalue weighted by Gasteiger charge is 2.32. The molecule has 0 aliphatic carbocycles. The molecule has 0 spiro atoms. The van der Waals surface area contributed by atoms with E-state index < -0.39 is 0 Å². The van der Waals surface area contributed by atoms with Crippen LogP contribution in [-0.2, 0) is 22.7 Å². The lowest BCUT2D eigenvalue weighted by molar-refractivity contribution is -0.133. The minimum absolute atomic E-state index is 0.0315. The van der Waals surface area contributed by atoms with E-state index in [1.54, 1.807) is 17.2 Å². The van der Waals surface area contributed by atoms with Crippen molar-refractivity contribution in [2.45, 2.75) is 38.9 Å². The van der Waals surface area contributed by atoms with Gasteiger partial charge < -0.3 is 14.6 Å². The molecule has 1 aliphatic heterocycles. The maximum atomic E-state index is 12.7. The van der Waals surface area contributed by atoms with E-state index in [0.717, 1.165) is 30.7 Å². The van der Waals surface area contributed by atoms with Gasteiger partial charge in [-0.2, -0.15) is 0 Å². The number of likely N-dealkylation sites (N-methyl/N-ethyl adjacent to an activating group) is 1. The van der Waals surface area contributed by atoms with Gasteiger partial charge in [0.1, 0.15) is 5.76 Å². The van der Waals surface area contributed by atoms with Crippen LogP contribution in [0.15, 0.2) is 47.1 Å². The fourth-order valence-electron chi connectivity index (χ4n) is 3.44. The lowest BCUT2D eigenvalue weighted by Gasteiger charge is -2.26. The van der Waals surface area contributed by atoms with Gasteiger partial charge in [-0.05, 0) is 49.6 Å². The third kappa shape index (κ3) is 4.98. The Labute approximate surface area is 160 Å². The average Bonchev–Trinajstić information content (AvgIpc) is 3.33. The first-order valence-corrected chi connectivity index (χ1v) is 9.37. The van der Waals surface area contributed by atoms with E-state index in [-0.39, 0.29) is 24.4 Å². The molecule has 0 saturated carbocycles. The molecule has 2 amide bonds. The molecule has 6 heteroatoms. The van der Waals surface area contributed by atoms with Crippen LogP contribution in [0.2, 0.25) is 0 Å². The van der Waals surface area contributed by atoms with Gasteiger partial charge in [0, 0.05) is 13.6 Å². The second-order valence-corrected chi connectivity index (χ2v) is 7.10. The SMILES string of the molecule is Cc1ccccc1CN(C)C(=O)CN1CCCC1C(=O)NCc1ccco1. The number of hydrogen-bond donors (Lipinski definition) is 1. The molecule has 0 radical (unpaired) electrons. The Balaban J connectivity index is 1.52. The predicted octanol–water partition coefficient (Wildman–Crippen LogP) is 2.33. The van der Waals surface area contributed by atoms with Gasteiger partial charge in [0.25, 0.3) is 0 Å². The zero-order chi connectivity index (χ0) is 19.2. The van der Waals surface area contributed by atoms with E-state index in [2.05, 4.69) is 5.32 Å². The van der Waals surface area contributed by atoms with Crippen molar-refractivity contribution < 1.29 is 14.0 Å². The van der Waals surface area contributed by atoms with Crippen LogP contribution in [0, 0.1) is 6.92 Å². The summed E-state index contributed by atoms with van der Waals surface area (Å²) in [5.41, 5.74) is 2.32. The first-order chi connectivity index (χ1) is 13.0. The van der Waals surface area contributed by atoms with Crippen molar-refractivity contribution in [2.75, 3.05) is 20.1 Å². The highest BCUT2D eigenvalue weighted by Crippen LogP contribution is 2.18. The molecule has 2 heterocycles. The Morgan fingerprint density at radius 1 is 1.26 bits per heavy atom. The molecule has 3 rings (SSSR count). The van der Waals surface area contributed by atoms with Crippen molar-refractivity contribution in [3.05, 3.63) is 59.5 Å². The van der Waals surface area contributed by atoms with Crippen molar-refractivity contribution in [3.8, 4) is 0 Å². The second kappa shape index (κ2) is 8.86. The summed E-state index contributed by atoms with van der Waals surface area (Å²) in [6.07, 6.45) is 3.29. The molecule has 0 bridgehead atoms. The van der Waals surface area contributed by atoms with Gasteiger partial charge in [0.2, 0.25) is 11.8 Å². The van der Waals surface area contributed by atoms with Crippen LogP contribution >= 0.6 is 0 Å². The third-order valence-corrected chi connectivity index (χ3v) is 5.12. The minimum atomic E-state index is -0.254. The molecular weight excluding hydrogens is 342 g/mol. The maximum absolute atomic E-state index is 12.7. The van der Waals surface area contributed by atoms with Gasteiger partial charge in [0.15, 0.2) is 0 Å². The van der Waals surface area contributed by atoms with Crippen molar-refractivity contribution in [1.82, 2.24) is 15.1 Å². The van der Waals surface area contributed by atoms with Crippen LogP contribution < -0.4 is 5.32 Å². The number of furan rings is 1. The topological polar surface area (TPSA) is 65.8 Å². The number of benzene rings is 1. The number of carbonyl (C=O) groups is 2. The second-order valence-electron chi connectivity index (χ2n) is 7.10. The predicted molar refractivity (Wildman–Crippen MR) is 103 cm³/mol. The van der Waals surface area contributed by atoms with Gasteiger partial charge in [-0.15, -0.1) is 0 Å². The number of nitrogens with zero attached hydrogens (tertiary/aromatic N) is 2. The van der Waals surface area contributed by atoms with Crippen LogP contribution in [0.1, 0.15) is 29.7 Å². The summed E-state index contributed by atoms with van der Waals surface area (Å²) in [4.78, 5) is 28.9. The number of aryl methyl sites for hydroxylation is 1. The molecule has 1 N–H and O–H groups in total. The summed E-state index contributed by atoms with van der Waals surface area (Å²) in [6.45, 7) is 4.03. The molecule has 1 atom stereocenters. The number of rotatable bonds is 7. The molecule has 1 unspecified atom stereocenters. The van der Waals surface area contributed by atoms with E-state index in [0.29, 0.717) is 13.1 Å². The summed E-state index contributed by atoms with van der Waals surface area (Å²) in [6, 6.07) is 11.4. The standard InChI is InChI=1S/C21H27N3O3/c1-16-7-3-4-8-17(16)14-23(2)20(25)15-24-11-5-10-19(24)21(26)22-13-18-9-6-12-27-18/h3-4,6-9,12,19H,5,10-11,13-15H2,1-2H3,(H,22,26). The number of amides is 2. The Bertz CT molecular complexity index is 773. The smallest absolute Gasteiger partial charge is 0.237 e. The molecule has 6 nitrogen and oxygen atoms in total. The number of carbonyl (C=O) groups excluding carboxylic acids is 2. The zero-order valence-corrected chi connectivity index (χ0v) is 16.0. The van der Waals surface area contributed by atoms with Gasteiger partial charge in [0.05, 0.1) is 25.4 Å². The number of nitrogens with one attached hydrogen (secondary N) is 1. The molecule has 27 heavy (non-hydrogen) atoms. The van der Waals surface area contributed by atoms with E-state index in [1.807, 2.05) is 49.2 Å². The summed E-state index contributed by atoms with van der Waals surface area (Å²) in [7, 11) is 1.82. The summed E-state index contributed by atoms with van der Waals surface area (Å²) in [5.74, 6) is 0.712. The highest BCUT2D eigenvalue weighted by atomic mass is 16.3. The number of likely N-dealkylation sites (tertiary alicyclic amines) is 1. The first-order valence-electron chi connectivity index (χ1n) is 9.37. The van der Waals surface area contributed by atoms with Crippen LogP contribution in [0.5, 0.6) is 0 Å².